The van der Waals surface area contributed by atoms with Crippen molar-refractivity contribution in [1.82, 2.24) is 19.8 Å². The SMILES string of the molecule is CN1CCN(C2=C(C(=O)O)C(=O)C(=Cc3c[nH]c4ncccc34)O2)CC1. The van der Waals surface area contributed by atoms with Crippen LogP contribution in [-0.4, -0.2) is 69.9 Å². The number of likely N-dealkylation sites (N-methyl/N-ethyl adjacent to an activating group) is 1. The van der Waals surface area contributed by atoms with Crippen molar-refractivity contribution in [1.29, 1.82) is 0 Å². The van der Waals surface area contributed by atoms with Gasteiger partial charge in [-0.25, -0.2) is 9.78 Å². The maximum atomic E-state index is 12.6. The number of allylic oxidation sites excluding steroid dienone is 1. The van der Waals surface area contributed by atoms with E-state index in [9.17, 15) is 14.7 Å². The third-order valence-electron chi connectivity index (χ3n) is 4.65. The Bertz CT molecular complexity index is 951. The number of hydrogen-bond acceptors (Lipinski definition) is 6. The van der Waals surface area contributed by atoms with Crippen LogP contribution in [0.3, 0.4) is 0 Å². The molecular formula is C18H18N4O4. The number of aliphatic carboxylic acids is 1. The number of fused-ring (bicyclic) bond motifs is 1. The van der Waals surface area contributed by atoms with Gasteiger partial charge in [0, 0.05) is 49.5 Å². The van der Waals surface area contributed by atoms with E-state index in [1.54, 1.807) is 24.5 Å². The number of ketones is 1. The highest BCUT2D eigenvalue weighted by molar-refractivity contribution is 6.26. The molecule has 0 unspecified atom stereocenters. The lowest BCUT2D eigenvalue weighted by atomic mass is 10.1. The summed E-state index contributed by atoms with van der Waals surface area (Å²) in [6.07, 6.45) is 4.95. The Balaban J connectivity index is 1.68. The summed E-state index contributed by atoms with van der Waals surface area (Å²) in [5.41, 5.74) is 1.11. The lowest BCUT2D eigenvalue weighted by Crippen LogP contribution is -2.44. The number of nitrogens with one attached hydrogen (secondary N) is 1. The van der Waals surface area contributed by atoms with Gasteiger partial charge in [-0.2, -0.15) is 0 Å². The molecule has 0 aliphatic carbocycles. The molecule has 0 atom stereocenters. The molecule has 2 aromatic rings. The van der Waals surface area contributed by atoms with E-state index >= 15 is 0 Å². The molecule has 0 saturated carbocycles. The van der Waals surface area contributed by atoms with Crippen LogP contribution in [0.25, 0.3) is 17.1 Å². The Morgan fingerprint density at radius 3 is 2.85 bits per heavy atom. The molecule has 0 amide bonds. The van der Waals surface area contributed by atoms with E-state index in [4.69, 9.17) is 4.74 Å². The molecule has 2 aliphatic heterocycles. The Morgan fingerprint density at radius 2 is 2.12 bits per heavy atom. The summed E-state index contributed by atoms with van der Waals surface area (Å²) in [4.78, 5) is 35.5. The molecule has 0 spiro atoms. The number of pyridine rings is 1. The van der Waals surface area contributed by atoms with Crippen LogP contribution in [0.15, 0.2) is 41.7 Å². The highest BCUT2D eigenvalue weighted by atomic mass is 16.5. The number of carbonyl (C=O) groups excluding carboxylic acids is 1. The number of aromatic nitrogens is 2. The van der Waals surface area contributed by atoms with Crippen molar-refractivity contribution in [3.63, 3.8) is 0 Å². The maximum Gasteiger partial charge on any atom is 0.345 e. The fourth-order valence-corrected chi connectivity index (χ4v) is 3.18. The van der Waals surface area contributed by atoms with E-state index in [1.165, 1.54) is 0 Å². The number of carbonyl (C=O) groups is 2. The summed E-state index contributed by atoms with van der Waals surface area (Å²) in [5.74, 6) is -1.72. The Hall–Kier alpha value is -3.13. The van der Waals surface area contributed by atoms with Gasteiger partial charge in [-0.15, -0.1) is 0 Å². The number of aromatic amines is 1. The number of carboxylic acid groups (broad SMARTS) is 1. The normalized spacial score (nSPS) is 20.3. The molecule has 0 aromatic carbocycles. The van der Waals surface area contributed by atoms with Gasteiger partial charge in [0.1, 0.15) is 5.65 Å². The fraction of sp³-hybridized carbons (Fsp3) is 0.278. The van der Waals surface area contributed by atoms with Gasteiger partial charge in [0.2, 0.25) is 11.7 Å². The summed E-state index contributed by atoms with van der Waals surface area (Å²) in [6, 6.07) is 3.67. The minimum absolute atomic E-state index is 0.0149. The van der Waals surface area contributed by atoms with Crippen molar-refractivity contribution in [2.75, 3.05) is 33.2 Å². The molecule has 0 bridgehead atoms. The predicted octanol–water partition coefficient (Wildman–Crippen LogP) is 1.05. The lowest BCUT2D eigenvalue weighted by molar-refractivity contribution is -0.134. The summed E-state index contributed by atoms with van der Waals surface area (Å²) < 4.78 is 5.73. The standard InChI is InChI=1S/C18H18N4O4/c1-21-5-7-22(8-6-21)17-14(18(24)25)15(23)13(26-17)9-11-10-20-16-12(11)3-2-4-19-16/h2-4,9-10H,5-8H2,1H3,(H,19,20)(H,24,25). The molecule has 1 saturated heterocycles. The second kappa shape index (κ2) is 6.30. The number of hydrogen-bond donors (Lipinski definition) is 2. The van der Waals surface area contributed by atoms with E-state index in [2.05, 4.69) is 14.9 Å². The highest BCUT2D eigenvalue weighted by Gasteiger charge is 2.39. The molecule has 8 nitrogen and oxygen atoms in total. The zero-order valence-electron chi connectivity index (χ0n) is 14.2. The number of carboxylic acids is 1. The first-order chi connectivity index (χ1) is 12.5. The van der Waals surface area contributed by atoms with E-state index < -0.39 is 11.8 Å². The van der Waals surface area contributed by atoms with Crippen molar-refractivity contribution in [3.05, 3.63) is 47.3 Å². The third-order valence-corrected chi connectivity index (χ3v) is 4.65. The first-order valence-electron chi connectivity index (χ1n) is 8.32. The Labute approximate surface area is 149 Å². The molecule has 8 heteroatoms. The molecule has 1 fully saturated rings. The molecular weight excluding hydrogens is 336 g/mol. The smallest absolute Gasteiger partial charge is 0.345 e. The average Bonchev–Trinajstić information content (AvgIpc) is 3.18. The predicted molar refractivity (Wildman–Crippen MR) is 93.9 cm³/mol. The summed E-state index contributed by atoms with van der Waals surface area (Å²) in [6.45, 7) is 2.78. The van der Waals surface area contributed by atoms with Crippen molar-refractivity contribution in [2.24, 2.45) is 0 Å². The molecule has 26 heavy (non-hydrogen) atoms. The zero-order valence-corrected chi connectivity index (χ0v) is 14.2. The fourth-order valence-electron chi connectivity index (χ4n) is 3.18. The van der Waals surface area contributed by atoms with Crippen LogP contribution < -0.4 is 0 Å². The van der Waals surface area contributed by atoms with Gasteiger partial charge < -0.3 is 24.6 Å². The second-order valence-corrected chi connectivity index (χ2v) is 6.36. The molecule has 2 aromatic heterocycles. The van der Waals surface area contributed by atoms with Gasteiger partial charge >= 0.3 is 5.97 Å². The highest BCUT2D eigenvalue weighted by Crippen LogP contribution is 2.31. The molecule has 0 radical (unpaired) electrons. The zero-order chi connectivity index (χ0) is 18.3. The van der Waals surface area contributed by atoms with E-state index in [0.717, 1.165) is 24.0 Å². The van der Waals surface area contributed by atoms with E-state index in [1.807, 2.05) is 18.0 Å². The van der Waals surface area contributed by atoms with Crippen LogP contribution >= 0.6 is 0 Å². The van der Waals surface area contributed by atoms with Gasteiger partial charge in [-0.1, -0.05) is 0 Å². The first-order valence-corrected chi connectivity index (χ1v) is 8.32. The summed E-state index contributed by atoms with van der Waals surface area (Å²) >= 11 is 0. The van der Waals surface area contributed by atoms with Crippen molar-refractivity contribution in [3.8, 4) is 0 Å². The monoisotopic (exact) mass is 354 g/mol. The minimum atomic E-state index is -1.27. The lowest BCUT2D eigenvalue weighted by Gasteiger charge is -2.33. The largest absolute Gasteiger partial charge is 0.477 e. The first kappa shape index (κ1) is 16.3. The molecule has 2 aliphatic rings. The van der Waals surface area contributed by atoms with Crippen LogP contribution in [0.2, 0.25) is 0 Å². The molecule has 2 N–H and O–H groups in total. The van der Waals surface area contributed by atoms with Crippen LogP contribution in [0, 0.1) is 0 Å². The Morgan fingerprint density at radius 1 is 1.35 bits per heavy atom. The quantitative estimate of drug-likeness (QED) is 0.628. The number of Topliss-reactive ketones (excluding diaryl/α,β-unsaturated/α-hetero) is 1. The van der Waals surface area contributed by atoms with E-state index in [0.29, 0.717) is 18.7 Å². The number of piperazine rings is 1. The van der Waals surface area contributed by atoms with Crippen LogP contribution in [0.5, 0.6) is 0 Å². The van der Waals surface area contributed by atoms with Gasteiger partial charge in [-0.3, -0.25) is 4.79 Å². The second-order valence-electron chi connectivity index (χ2n) is 6.36. The maximum absolute atomic E-state index is 12.6. The van der Waals surface area contributed by atoms with Crippen molar-refractivity contribution < 1.29 is 19.4 Å². The number of ether oxygens (including phenoxy) is 1. The number of rotatable bonds is 3. The van der Waals surface area contributed by atoms with Gasteiger partial charge in [0.25, 0.3) is 0 Å². The van der Waals surface area contributed by atoms with Crippen LogP contribution in [0.1, 0.15) is 5.56 Å². The van der Waals surface area contributed by atoms with E-state index in [-0.39, 0.29) is 17.2 Å². The number of H-pyrrole nitrogens is 1. The Kier molecular flexibility index (Phi) is 3.96. The molecule has 4 rings (SSSR count). The van der Waals surface area contributed by atoms with Crippen molar-refractivity contribution in [2.45, 2.75) is 0 Å². The molecule has 4 heterocycles. The topological polar surface area (TPSA) is 98.8 Å². The van der Waals surface area contributed by atoms with Crippen LogP contribution in [-0.2, 0) is 14.3 Å². The summed E-state index contributed by atoms with van der Waals surface area (Å²) in [7, 11) is 2.00. The summed E-state index contributed by atoms with van der Waals surface area (Å²) in [5, 5.41) is 10.3. The number of nitrogens with zero attached hydrogens (tertiary/aromatic N) is 3. The van der Waals surface area contributed by atoms with Gasteiger partial charge in [0.05, 0.1) is 0 Å². The average molecular weight is 354 g/mol. The van der Waals surface area contributed by atoms with Crippen LogP contribution in [0.4, 0.5) is 0 Å². The van der Waals surface area contributed by atoms with Gasteiger partial charge in [-0.05, 0) is 25.3 Å². The third kappa shape index (κ3) is 2.74. The van der Waals surface area contributed by atoms with Gasteiger partial charge in [0.15, 0.2) is 11.3 Å². The minimum Gasteiger partial charge on any atom is -0.477 e. The van der Waals surface area contributed by atoms with Crippen molar-refractivity contribution >= 4 is 28.9 Å². The molecule has 134 valence electrons.